The molecule has 1 spiro atoms. The molecule has 0 aliphatic carbocycles. The van der Waals surface area contributed by atoms with Gasteiger partial charge in [0.1, 0.15) is 5.60 Å². The van der Waals surface area contributed by atoms with E-state index in [1.807, 2.05) is 7.11 Å². The topological polar surface area (TPSA) is 34.6 Å². The van der Waals surface area contributed by atoms with Gasteiger partial charge in [-0.3, -0.25) is 4.90 Å². The minimum Gasteiger partial charge on any atom is -0.378 e. The Morgan fingerprint density at radius 1 is 1.63 bits per heavy atom. The number of hydrogen-bond donors (Lipinski definition) is 0. The zero-order valence-electron chi connectivity index (χ0n) is 11.7. The van der Waals surface area contributed by atoms with Gasteiger partial charge in [0, 0.05) is 38.7 Å². The summed E-state index contributed by atoms with van der Waals surface area (Å²) in [6, 6.07) is 0. The van der Waals surface area contributed by atoms with E-state index < -0.39 is 0 Å². The fourth-order valence-corrected chi connectivity index (χ4v) is 4.00. The van der Waals surface area contributed by atoms with Crippen molar-refractivity contribution in [1.82, 2.24) is 9.88 Å². The third-order valence-electron chi connectivity index (χ3n) is 4.26. The van der Waals surface area contributed by atoms with Crippen LogP contribution in [0.5, 0.6) is 0 Å². The fourth-order valence-electron chi connectivity index (χ4n) is 3.40. The van der Waals surface area contributed by atoms with Gasteiger partial charge in [-0.2, -0.15) is 0 Å². The first-order valence-corrected chi connectivity index (χ1v) is 7.90. The summed E-state index contributed by atoms with van der Waals surface area (Å²) < 4.78 is 11.7. The van der Waals surface area contributed by atoms with Crippen molar-refractivity contribution in [2.75, 3.05) is 26.8 Å². The third kappa shape index (κ3) is 2.70. The molecule has 2 fully saturated rings. The normalized spacial score (nSPS) is 32.2. The van der Waals surface area contributed by atoms with Crippen LogP contribution in [0.15, 0.2) is 5.38 Å². The van der Waals surface area contributed by atoms with Crippen LogP contribution >= 0.6 is 11.3 Å². The second-order valence-corrected chi connectivity index (χ2v) is 6.66. The number of methoxy groups -OCH3 is 1. The smallest absolute Gasteiger partial charge is 0.107 e. The van der Waals surface area contributed by atoms with Crippen LogP contribution in [-0.4, -0.2) is 48.4 Å². The number of piperidine rings is 1. The van der Waals surface area contributed by atoms with E-state index in [-0.39, 0.29) is 11.7 Å². The van der Waals surface area contributed by atoms with Crippen molar-refractivity contribution in [1.29, 1.82) is 0 Å². The molecule has 0 unspecified atom stereocenters. The molecule has 5 heteroatoms. The molecular formula is C14H22N2O2S. The molecule has 1 aromatic rings. The van der Waals surface area contributed by atoms with Gasteiger partial charge < -0.3 is 9.47 Å². The number of hydrogen-bond acceptors (Lipinski definition) is 5. The Kier molecular flexibility index (Phi) is 3.89. The van der Waals surface area contributed by atoms with Crippen LogP contribution in [0.1, 0.15) is 30.0 Å². The van der Waals surface area contributed by atoms with E-state index in [0.29, 0.717) is 0 Å². The van der Waals surface area contributed by atoms with Crippen LogP contribution in [0.4, 0.5) is 0 Å². The lowest BCUT2D eigenvalue weighted by molar-refractivity contribution is -0.145. The van der Waals surface area contributed by atoms with E-state index in [1.54, 1.807) is 11.3 Å². The van der Waals surface area contributed by atoms with Gasteiger partial charge in [-0.1, -0.05) is 0 Å². The molecule has 4 nitrogen and oxygen atoms in total. The van der Waals surface area contributed by atoms with Crippen molar-refractivity contribution in [3.63, 3.8) is 0 Å². The standard InChI is InChI=1S/C14H22N2O2S/c1-11-15-12(9-19-11)8-16-6-4-13(17-2)14(10-16)5-3-7-18-14/h9,13H,3-8,10H2,1-2H3/t13-,14-/m0/s1. The number of rotatable bonds is 3. The molecule has 3 rings (SSSR count). The van der Waals surface area contributed by atoms with Crippen molar-refractivity contribution in [2.24, 2.45) is 0 Å². The predicted molar refractivity (Wildman–Crippen MR) is 75.5 cm³/mol. The number of nitrogens with zero attached hydrogens (tertiary/aromatic N) is 2. The average molecular weight is 282 g/mol. The predicted octanol–water partition coefficient (Wildman–Crippen LogP) is 2.22. The molecule has 0 aromatic carbocycles. The highest BCUT2D eigenvalue weighted by Crippen LogP contribution is 2.36. The van der Waals surface area contributed by atoms with E-state index in [2.05, 4.69) is 22.2 Å². The SMILES string of the molecule is CO[C@H]1CCN(Cc2csc(C)n2)C[C@@]12CCCO2. The molecule has 0 amide bonds. The molecule has 0 bridgehead atoms. The lowest BCUT2D eigenvalue weighted by Gasteiger charge is -2.44. The molecule has 2 aliphatic heterocycles. The summed E-state index contributed by atoms with van der Waals surface area (Å²) in [5.74, 6) is 0. The fraction of sp³-hybridized carbons (Fsp3) is 0.786. The molecule has 2 saturated heterocycles. The first-order valence-electron chi connectivity index (χ1n) is 7.02. The average Bonchev–Trinajstić information content (AvgIpc) is 3.00. The summed E-state index contributed by atoms with van der Waals surface area (Å²) >= 11 is 1.73. The summed E-state index contributed by atoms with van der Waals surface area (Å²) in [5, 5.41) is 3.31. The Hall–Kier alpha value is -0.490. The minimum atomic E-state index is -0.0714. The van der Waals surface area contributed by atoms with Crippen LogP contribution in [0.2, 0.25) is 0 Å². The maximum atomic E-state index is 6.07. The number of thiazole rings is 1. The van der Waals surface area contributed by atoms with Gasteiger partial charge >= 0.3 is 0 Å². The monoisotopic (exact) mass is 282 g/mol. The van der Waals surface area contributed by atoms with E-state index in [0.717, 1.165) is 50.5 Å². The van der Waals surface area contributed by atoms with Crippen LogP contribution in [0.25, 0.3) is 0 Å². The molecule has 1 aromatic heterocycles. The molecular weight excluding hydrogens is 260 g/mol. The quantitative estimate of drug-likeness (QED) is 0.851. The van der Waals surface area contributed by atoms with Crippen molar-refractivity contribution < 1.29 is 9.47 Å². The lowest BCUT2D eigenvalue weighted by atomic mass is 9.87. The Bertz CT molecular complexity index is 429. The molecule has 0 saturated carbocycles. The van der Waals surface area contributed by atoms with Gasteiger partial charge in [0.2, 0.25) is 0 Å². The first kappa shape index (κ1) is 13.5. The second-order valence-electron chi connectivity index (χ2n) is 5.60. The minimum absolute atomic E-state index is 0.0714. The summed E-state index contributed by atoms with van der Waals surface area (Å²) in [6.45, 7) is 5.92. The summed E-state index contributed by atoms with van der Waals surface area (Å²) in [4.78, 5) is 7.03. The van der Waals surface area contributed by atoms with E-state index in [1.165, 1.54) is 5.69 Å². The Morgan fingerprint density at radius 3 is 3.16 bits per heavy atom. The highest BCUT2D eigenvalue weighted by Gasteiger charge is 2.47. The molecule has 19 heavy (non-hydrogen) atoms. The summed E-state index contributed by atoms with van der Waals surface area (Å²) in [6.07, 6.45) is 3.59. The van der Waals surface area contributed by atoms with Crippen molar-refractivity contribution in [3.8, 4) is 0 Å². The zero-order chi connectivity index (χ0) is 13.3. The van der Waals surface area contributed by atoms with Crippen molar-refractivity contribution in [3.05, 3.63) is 16.1 Å². The number of aryl methyl sites for hydroxylation is 1. The molecule has 3 heterocycles. The summed E-state index contributed by atoms with van der Waals surface area (Å²) in [5.41, 5.74) is 1.12. The van der Waals surface area contributed by atoms with Crippen LogP contribution in [0.3, 0.4) is 0 Å². The van der Waals surface area contributed by atoms with Crippen LogP contribution in [0, 0.1) is 6.92 Å². The van der Waals surface area contributed by atoms with Gasteiger partial charge in [-0.25, -0.2) is 4.98 Å². The highest BCUT2D eigenvalue weighted by molar-refractivity contribution is 7.09. The van der Waals surface area contributed by atoms with Gasteiger partial charge in [0.05, 0.1) is 16.8 Å². The zero-order valence-corrected chi connectivity index (χ0v) is 12.5. The van der Waals surface area contributed by atoms with Gasteiger partial charge in [-0.05, 0) is 26.2 Å². The number of ether oxygens (including phenoxy) is 2. The van der Waals surface area contributed by atoms with E-state index in [9.17, 15) is 0 Å². The number of aromatic nitrogens is 1. The Morgan fingerprint density at radius 2 is 2.53 bits per heavy atom. The molecule has 0 radical (unpaired) electrons. The van der Waals surface area contributed by atoms with Gasteiger partial charge in [-0.15, -0.1) is 11.3 Å². The van der Waals surface area contributed by atoms with E-state index in [4.69, 9.17) is 9.47 Å². The van der Waals surface area contributed by atoms with Crippen LogP contribution < -0.4 is 0 Å². The molecule has 2 atom stereocenters. The van der Waals surface area contributed by atoms with Crippen molar-refractivity contribution >= 4 is 11.3 Å². The van der Waals surface area contributed by atoms with Crippen molar-refractivity contribution in [2.45, 2.75) is 44.4 Å². The third-order valence-corrected chi connectivity index (χ3v) is 5.08. The maximum Gasteiger partial charge on any atom is 0.107 e. The first-order chi connectivity index (χ1) is 9.22. The Labute approximate surface area is 118 Å². The maximum absolute atomic E-state index is 6.07. The summed E-state index contributed by atoms with van der Waals surface area (Å²) in [7, 11) is 1.81. The largest absolute Gasteiger partial charge is 0.378 e. The van der Waals surface area contributed by atoms with E-state index >= 15 is 0 Å². The number of likely N-dealkylation sites (tertiary alicyclic amines) is 1. The molecule has 0 N–H and O–H groups in total. The Balaban J connectivity index is 1.68. The molecule has 2 aliphatic rings. The second kappa shape index (κ2) is 5.48. The highest BCUT2D eigenvalue weighted by atomic mass is 32.1. The van der Waals surface area contributed by atoms with Gasteiger partial charge in [0.25, 0.3) is 0 Å². The van der Waals surface area contributed by atoms with Crippen LogP contribution in [-0.2, 0) is 16.0 Å². The molecule has 106 valence electrons. The van der Waals surface area contributed by atoms with Gasteiger partial charge in [0.15, 0.2) is 0 Å². The lowest BCUT2D eigenvalue weighted by Crippen LogP contribution is -2.56.